The van der Waals surface area contributed by atoms with Crippen LogP contribution in [-0.4, -0.2) is 19.1 Å². The number of anilines is 1. The van der Waals surface area contributed by atoms with Crippen LogP contribution in [-0.2, 0) is 0 Å². The lowest BCUT2D eigenvalue weighted by Crippen LogP contribution is -2.49. The summed E-state index contributed by atoms with van der Waals surface area (Å²) in [5.74, 6) is 0. The lowest BCUT2D eigenvalue weighted by Gasteiger charge is -2.40. The van der Waals surface area contributed by atoms with Crippen LogP contribution in [0.25, 0.3) is 0 Å². The molecule has 0 amide bonds. The Morgan fingerprint density at radius 3 is 2.44 bits per heavy atom. The van der Waals surface area contributed by atoms with Gasteiger partial charge in [-0.25, -0.2) is 0 Å². The number of rotatable bonds is 2. The van der Waals surface area contributed by atoms with Gasteiger partial charge in [0.15, 0.2) is 0 Å². The van der Waals surface area contributed by atoms with Gasteiger partial charge < -0.3 is 10.6 Å². The Labute approximate surface area is 126 Å². The molecule has 100 valence electrons. The minimum Gasteiger partial charge on any atom is -0.380 e. The van der Waals surface area contributed by atoms with Crippen molar-refractivity contribution in [1.29, 1.82) is 0 Å². The van der Waals surface area contributed by atoms with Crippen molar-refractivity contribution in [2.24, 2.45) is 5.41 Å². The Bertz CT molecular complexity index is 420. The molecule has 18 heavy (non-hydrogen) atoms. The molecule has 0 radical (unpaired) electrons. The number of benzene rings is 1. The molecule has 4 heteroatoms. The Hall–Kier alpha value is -0.0600. The first-order valence-corrected chi connectivity index (χ1v) is 7.91. The Kier molecular flexibility index (Phi) is 4.40. The number of aryl methyl sites for hydroxylation is 1. The summed E-state index contributed by atoms with van der Waals surface area (Å²) in [6, 6.07) is 4.80. The average Bonchev–Trinajstić information content (AvgIpc) is 2.24. The minimum atomic E-state index is 0.266. The van der Waals surface area contributed by atoms with E-state index < -0.39 is 0 Å². The fourth-order valence-electron chi connectivity index (χ4n) is 2.45. The molecule has 0 aromatic heterocycles. The van der Waals surface area contributed by atoms with Gasteiger partial charge >= 0.3 is 0 Å². The topological polar surface area (TPSA) is 24.1 Å². The van der Waals surface area contributed by atoms with Crippen LogP contribution in [0.5, 0.6) is 0 Å². The van der Waals surface area contributed by atoms with Crippen molar-refractivity contribution in [1.82, 2.24) is 5.32 Å². The van der Waals surface area contributed by atoms with E-state index in [1.165, 1.54) is 11.3 Å². The quantitative estimate of drug-likeness (QED) is 0.804. The van der Waals surface area contributed by atoms with Crippen molar-refractivity contribution >= 4 is 37.5 Å². The van der Waals surface area contributed by atoms with Gasteiger partial charge in [-0.05, 0) is 74.9 Å². The van der Waals surface area contributed by atoms with Crippen LogP contribution in [0.15, 0.2) is 21.1 Å². The molecule has 1 atom stereocenters. The van der Waals surface area contributed by atoms with Gasteiger partial charge in [-0.1, -0.05) is 13.8 Å². The summed E-state index contributed by atoms with van der Waals surface area (Å²) in [6.45, 7) is 8.88. The molecule has 2 nitrogen and oxygen atoms in total. The number of nitrogens with one attached hydrogen (secondary N) is 2. The van der Waals surface area contributed by atoms with Gasteiger partial charge in [0.25, 0.3) is 0 Å². The standard InChI is InChI=1S/C14H20Br2N2/c1-9-6-10(15)13(11(16)7-9)18-12-4-5-17-8-14(12,2)3/h6-7,12,17-18H,4-5,8H2,1-3H3. The fraction of sp³-hybridized carbons (Fsp3) is 0.571. The maximum atomic E-state index is 3.70. The molecule has 0 bridgehead atoms. The van der Waals surface area contributed by atoms with Crippen LogP contribution in [0, 0.1) is 12.3 Å². The van der Waals surface area contributed by atoms with Crippen LogP contribution in [0.1, 0.15) is 25.8 Å². The smallest absolute Gasteiger partial charge is 0.0631 e. The molecule has 2 rings (SSSR count). The average molecular weight is 376 g/mol. The predicted octanol–water partition coefficient (Wildman–Crippen LogP) is 4.32. The summed E-state index contributed by atoms with van der Waals surface area (Å²) in [5, 5.41) is 7.17. The van der Waals surface area contributed by atoms with Crippen molar-refractivity contribution in [3.8, 4) is 0 Å². The third kappa shape index (κ3) is 3.09. The zero-order chi connectivity index (χ0) is 13.3. The lowest BCUT2D eigenvalue weighted by atomic mass is 9.80. The van der Waals surface area contributed by atoms with Gasteiger partial charge in [0.1, 0.15) is 0 Å². The van der Waals surface area contributed by atoms with Crippen LogP contribution in [0.2, 0.25) is 0 Å². The number of hydrogen-bond acceptors (Lipinski definition) is 2. The van der Waals surface area contributed by atoms with E-state index in [0.717, 1.165) is 28.5 Å². The zero-order valence-corrected chi connectivity index (χ0v) is 14.3. The van der Waals surface area contributed by atoms with Gasteiger partial charge in [0.05, 0.1) is 5.69 Å². The third-order valence-corrected chi connectivity index (χ3v) is 4.89. The molecule has 1 aromatic carbocycles. The molecule has 0 spiro atoms. The highest BCUT2D eigenvalue weighted by Crippen LogP contribution is 2.36. The molecule has 1 aliphatic rings. The number of piperidine rings is 1. The van der Waals surface area contributed by atoms with Gasteiger partial charge in [-0.2, -0.15) is 0 Å². The molecule has 1 aliphatic heterocycles. The minimum absolute atomic E-state index is 0.266. The predicted molar refractivity (Wildman–Crippen MR) is 85.3 cm³/mol. The molecule has 1 aromatic rings. The highest BCUT2D eigenvalue weighted by atomic mass is 79.9. The van der Waals surface area contributed by atoms with Crippen LogP contribution in [0.3, 0.4) is 0 Å². The SMILES string of the molecule is Cc1cc(Br)c(NC2CCNCC2(C)C)c(Br)c1. The molecule has 1 heterocycles. The van der Waals surface area contributed by atoms with Crippen molar-refractivity contribution in [2.45, 2.75) is 33.2 Å². The molecule has 0 saturated carbocycles. The van der Waals surface area contributed by atoms with Crippen LogP contribution in [0.4, 0.5) is 5.69 Å². The van der Waals surface area contributed by atoms with E-state index in [0.29, 0.717) is 6.04 Å². The van der Waals surface area contributed by atoms with Gasteiger partial charge in [0.2, 0.25) is 0 Å². The van der Waals surface area contributed by atoms with E-state index in [4.69, 9.17) is 0 Å². The fourth-order valence-corrected chi connectivity index (χ4v) is 4.09. The molecular formula is C14H20Br2N2. The molecule has 2 N–H and O–H groups in total. The van der Waals surface area contributed by atoms with Crippen molar-refractivity contribution in [3.05, 3.63) is 26.6 Å². The van der Waals surface area contributed by atoms with Crippen molar-refractivity contribution < 1.29 is 0 Å². The summed E-state index contributed by atoms with van der Waals surface area (Å²) in [4.78, 5) is 0. The summed E-state index contributed by atoms with van der Waals surface area (Å²) in [6.07, 6.45) is 1.15. The third-order valence-electron chi connectivity index (χ3n) is 3.64. The van der Waals surface area contributed by atoms with E-state index in [9.17, 15) is 0 Å². The second kappa shape index (κ2) is 5.51. The molecule has 1 saturated heterocycles. The Morgan fingerprint density at radius 1 is 1.28 bits per heavy atom. The molecule has 1 fully saturated rings. The number of halogens is 2. The second-order valence-electron chi connectivity index (χ2n) is 5.75. The van der Waals surface area contributed by atoms with E-state index in [1.807, 2.05) is 0 Å². The van der Waals surface area contributed by atoms with E-state index in [-0.39, 0.29) is 5.41 Å². The number of hydrogen-bond donors (Lipinski definition) is 2. The van der Waals surface area contributed by atoms with Gasteiger partial charge in [-0.3, -0.25) is 0 Å². The summed E-state index contributed by atoms with van der Waals surface area (Å²) >= 11 is 7.31. The Balaban J connectivity index is 2.23. The van der Waals surface area contributed by atoms with E-state index in [1.54, 1.807) is 0 Å². The van der Waals surface area contributed by atoms with Crippen molar-refractivity contribution in [2.75, 3.05) is 18.4 Å². The van der Waals surface area contributed by atoms with Gasteiger partial charge in [-0.15, -0.1) is 0 Å². The second-order valence-corrected chi connectivity index (χ2v) is 7.46. The van der Waals surface area contributed by atoms with Gasteiger partial charge in [0, 0.05) is 21.5 Å². The zero-order valence-electron chi connectivity index (χ0n) is 11.1. The normalized spacial score (nSPS) is 22.8. The highest BCUT2D eigenvalue weighted by molar-refractivity contribution is 9.11. The highest BCUT2D eigenvalue weighted by Gasteiger charge is 2.32. The van der Waals surface area contributed by atoms with E-state index in [2.05, 4.69) is 75.4 Å². The molecule has 1 unspecified atom stereocenters. The monoisotopic (exact) mass is 374 g/mol. The van der Waals surface area contributed by atoms with Crippen LogP contribution >= 0.6 is 31.9 Å². The van der Waals surface area contributed by atoms with E-state index >= 15 is 0 Å². The molecular weight excluding hydrogens is 356 g/mol. The molecule has 0 aliphatic carbocycles. The lowest BCUT2D eigenvalue weighted by molar-refractivity contribution is 0.236. The maximum Gasteiger partial charge on any atom is 0.0631 e. The largest absolute Gasteiger partial charge is 0.380 e. The van der Waals surface area contributed by atoms with Crippen LogP contribution < -0.4 is 10.6 Å². The maximum absolute atomic E-state index is 3.70. The van der Waals surface area contributed by atoms with Crippen molar-refractivity contribution in [3.63, 3.8) is 0 Å². The first-order chi connectivity index (χ1) is 8.40. The summed E-state index contributed by atoms with van der Waals surface area (Å²) < 4.78 is 2.26. The summed E-state index contributed by atoms with van der Waals surface area (Å²) in [7, 11) is 0. The Morgan fingerprint density at radius 2 is 1.89 bits per heavy atom. The first-order valence-electron chi connectivity index (χ1n) is 6.33. The first kappa shape index (κ1) is 14.4. The summed E-state index contributed by atoms with van der Waals surface area (Å²) in [5.41, 5.74) is 2.69.